The Balaban J connectivity index is 0.00000576. The fraction of sp³-hybridized carbons (Fsp3) is 0.579. The number of unbranched alkanes of at least 4 members (excludes halogenated alkanes) is 1. The number of carbonyl (C=O) groups excluding carboxylic acids is 1. The summed E-state index contributed by atoms with van der Waals surface area (Å²) < 4.78 is 0. The first-order chi connectivity index (χ1) is 11.4. The van der Waals surface area contributed by atoms with Crippen molar-refractivity contribution in [3.05, 3.63) is 35.4 Å². The summed E-state index contributed by atoms with van der Waals surface area (Å²) in [5.74, 6) is 1.07. The predicted octanol–water partition coefficient (Wildman–Crippen LogP) is 3.14. The van der Waals surface area contributed by atoms with Gasteiger partial charge in [0.1, 0.15) is 6.54 Å². The fourth-order valence-electron chi connectivity index (χ4n) is 2.11. The maximum absolute atomic E-state index is 11.7. The SMILES string of the molecule is CCCCNC(=NCC(=O)N(C)C)NCC(C)c1ccc(C)cc1.I. The largest absolute Gasteiger partial charge is 0.356 e. The first-order valence-electron chi connectivity index (χ1n) is 8.73. The van der Waals surface area contributed by atoms with E-state index in [9.17, 15) is 4.79 Å². The Kier molecular flexibility index (Phi) is 12.3. The van der Waals surface area contributed by atoms with Gasteiger partial charge in [-0.2, -0.15) is 0 Å². The molecule has 6 heteroatoms. The summed E-state index contributed by atoms with van der Waals surface area (Å²) in [6, 6.07) is 8.60. The van der Waals surface area contributed by atoms with E-state index >= 15 is 0 Å². The number of nitrogens with zero attached hydrogens (tertiary/aromatic N) is 2. The third-order valence-electron chi connectivity index (χ3n) is 3.92. The van der Waals surface area contributed by atoms with E-state index in [0.29, 0.717) is 11.9 Å². The van der Waals surface area contributed by atoms with Gasteiger partial charge in [-0.15, -0.1) is 24.0 Å². The zero-order chi connectivity index (χ0) is 17.9. The molecule has 2 N–H and O–H groups in total. The molecular weight excluding hydrogens is 427 g/mol. The second kappa shape index (κ2) is 13.0. The standard InChI is InChI=1S/C19H32N4O.HI/c1-6-7-12-20-19(22-14-18(24)23(4)5)21-13-16(3)17-10-8-15(2)9-11-17;/h8-11,16H,6-7,12-14H2,1-5H3,(H2,20,21,22);1H. The van der Waals surface area contributed by atoms with Crippen molar-refractivity contribution in [2.75, 3.05) is 33.7 Å². The molecule has 1 atom stereocenters. The van der Waals surface area contributed by atoms with E-state index in [1.54, 1.807) is 19.0 Å². The minimum Gasteiger partial charge on any atom is -0.356 e. The molecule has 0 saturated carbocycles. The average Bonchev–Trinajstić information content (AvgIpc) is 2.56. The van der Waals surface area contributed by atoms with Crippen molar-refractivity contribution in [2.24, 2.45) is 4.99 Å². The van der Waals surface area contributed by atoms with E-state index in [1.807, 2.05) is 0 Å². The van der Waals surface area contributed by atoms with E-state index in [-0.39, 0.29) is 36.4 Å². The van der Waals surface area contributed by atoms with Crippen molar-refractivity contribution in [1.82, 2.24) is 15.5 Å². The van der Waals surface area contributed by atoms with Crippen molar-refractivity contribution in [2.45, 2.75) is 39.5 Å². The Bertz CT molecular complexity index is 529. The maximum atomic E-state index is 11.7. The Morgan fingerprint density at radius 2 is 1.84 bits per heavy atom. The van der Waals surface area contributed by atoms with Crippen LogP contribution in [0, 0.1) is 6.92 Å². The third-order valence-corrected chi connectivity index (χ3v) is 3.92. The van der Waals surface area contributed by atoms with E-state index in [4.69, 9.17) is 0 Å². The predicted molar refractivity (Wildman–Crippen MR) is 117 cm³/mol. The molecule has 1 rings (SSSR count). The number of amides is 1. The first-order valence-corrected chi connectivity index (χ1v) is 8.73. The van der Waals surface area contributed by atoms with Crippen LogP contribution in [-0.2, 0) is 4.79 Å². The van der Waals surface area contributed by atoms with Crippen molar-refractivity contribution in [1.29, 1.82) is 0 Å². The molecule has 0 aliphatic heterocycles. The second-order valence-electron chi connectivity index (χ2n) is 6.43. The monoisotopic (exact) mass is 460 g/mol. The maximum Gasteiger partial charge on any atom is 0.243 e. The normalized spacial score (nSPS) is 12.1. The van der Waals surface area contributed by atoms with Crippen LogP contribution < -0.4 is 10.6 Å². The topological polar surface area (TPSA) is 56.7 Å². The fourth-order valence-corrected chi connectivity index (χ4v) is 2.11. The van der Waals surface area contributed by atoms with E-state index < -0.39 is 0 Å². The quantitative estimate of drug-likeness (QED) is 0.271. The lowest BCUT2D eigenvalue weighted by atomic mass is 10.0. The molecule has 0 saturated heterocycles. The smallest absolute Gasteiger partial charge is 0.243 e. The van der Waals surface area contributed by atoms with Gasteiger partial charge in [-0.25, -0.2) is 4.99 Å². The number of carbonyl (C=O) groups is 1. The molecule has 1 aromatic carbocycles. The van der Waals surface area contributed by atoms with Crippen molar-refractivity contribution in [3.63, 3.8) is 0 Å². The molecule has 0 aliphatic rings. The third kappa shape index (κ3) is 9.67. The minimum atomic E-state index is -0.00169. The number of hydrogen-bond donors (Lipinski definition) is 2. The molecule has 1 unspecified atom stereocenters. The molecule has 0 aliphatic carbocycles. The van der Waals surface area contributed by atoms with Crippen LogP contribution in [0.15, 0.2) is 29.3 Å². The Labute approximate surface area is 169 Å². The summed E-state index contributed by atoms with van der Waals surface area (Å²) in [5.41, 5.74) is 2.56. The van der Waals surface area contributed by atoms with Gasteiger partial charge in [0, 0.05) is 27.2 Å². The molecule has 0 spiro atoms. The van der Waals surface area contributed by atoms with Gasteiger partial charge in [-0.05, 0) is 24.8 Å². The molecule has 0 fully saturated rings. The van der Waals surface area contributed by atoms with Gasteiger partial charge in [-0.3, -0.25) is 4.79 Å². The van der Waals surface area contributed by atoms with Gasteiger partial charge in [0.25, 0.3) is 0 Å². The Morgan fingerprint density at radius 3 is 2.40 bits per heavy atom. The molecule has 0 aromatic heterocycles. The average molecular weight is 460 g/mol. The van der Waals surface area contributed by atoms with Gasteiger partial charge in [-0.1, -0.05) is 50.1 Å². The van der Waals surface area contributed by atoms with Crippen LogP contribution in [0.4, 0.5) is 0 Å². The highest BCUT2D eigenvalue weighted by Crippen LogP contribution is 2.14. The summed E-state index contributed by atoms with van der Waals surface area (Å²) in [6.45, 7) is 8.23. The molecule has 1 aromatic rings. The zero-order valence-electron chi connectivity index (χ0n) is 16.1. The Hall–Kier alpha value is -1.31. The number of guanidine groups is 1. The summed E-state index contributed by atoms with van der Waals surface area (Å²) in [6.07, 6.45) is 2.20. The van der Waals surface area contributed by atoms with E-state index in [0.717, 1.165) is 25.9 Å². The number of likely N-dealkylation sites (N-methyl/N-ethyl adjacent to an activating group) is 1. The lowest BCUT2D eigenvalue weighted by Crippen LogP contribution is -2.40. The van der Waals surface area contributed by atoms with Gasteiger partial charge in [0.15, 0.2) is 5.96 Å². The van der Waals surface area contributed by atoms with Crippen LogP contribution in [-0.4, -0.2) is 50.5 Å². The van der Waals surface area contributed by atoms with Crippen LogP contribution in [0.25, 0.3) is 0 Å². The number of hydrogen-bond acceptors (Lipinski definition) is 2. The number of rotatable bonds is 8. The van der Waals surface area contributed by atoms with Crippen LogP contribution in [0.5, 0.6) is 0 Å². The number of aryl methyl sites for hydroxylation is 1. The van der Waals surface area contributed by atoms with Crippen LogP contribution in [0.1, 0.15) is 43.7 Å². The summed E-state index contributed by atoms with van der Waals surface area (Å²) in [7, 11) is 3.49. The number of aliphatic imine (C=N–C) groups is 1. The van der Waals surface area contributed by atoms with Gasteiger partial charge >= 0.3 is 0 Å². The highest BCUT2D eigenvalue weighted by molar-refractivity contribution is 14.0. The highest BCUT2D eigenvalue weighted by atomic mass is 127. The zero-order valence-corrected chi connectivity index (χ0v) is 18.5. The van der Waals surface area contributed by atoms with Gasteiger partial charge in [0.2, 0.25) is 5.91 Å². The minimum absolute atomic E-state index is 0. The number of nitrogens with one attached hydrogen (secondary N) is 2. The molecular formula is C19H33IN4O. The lowest BCUT2D eigenvalue weighted by Gasteiger charge is -2.17. The Morgan fingerprint density at radius 1 is 1.20 bits per heavy atom. The first kappa shape index (κ1) is 23.7. The van der Waals surface area contributed by atoms with Crippen molar-refractivity contribution < 1.29 is 4.79 Å². The van der Waals surface area contributed by atoms with Crippen molar-refractivity contribution in [3.8, 4) is 0 Å². The molecule has 25 heavy (non-hydrogen) atoms. The summed E-state index contributed by atoms with van der Waals surface area (Å²) in [4.78, 5) is 17.7. The lowest BCUT2D eigenvalue weighted by molar-refractivity contribution is -0.127. The van der Waals surface area contributed by atoms with E-state index in [2.05, 4.69) is 60.7 Å². The number of halogens is 1. The summed E-state index contributed by atoms with van der Waals surface area (Å²) >= 11 is 0. The van der Waals surface area contributed by atoms with Gasteiger partial charge < -0.3 is 15.5 Å². The summed E-state index contributed by atoms with van der Waals surface area (Å²) in [5, 5.41) is 6.65. The molecule has 0 heterocycles. The highest BCUT2D eigenvalue weighted by Gasteiger charge is 2.08. The second-order valence-corrected chi connectivity index (χ2v) is 6.43. The van der Waals surface area contributed by atoms with Crippen LogP contribution in [0.2, 0.25) is 0 Å². The van der Waals surface area contributed by atoms with Crippen LogP contribution in [0.3, 0.4) is 0 Å². The molecule has 0 bridgehead atoms. The van der Waals surface area contributed by atoms with E-state index in [1.165, 1.54) is 11.1 Å². The van der Waals surface area contributed by atoms with Crippen LogP contribution >= 0.6 is 24.0 Å². The molecule has 142 valence electrons. The van der Waals surface area contributed by atoms with Gasteiger partial charge in [0.05, 0.1) is 0 Å². The number of benzene rings is 1. The molecule has 5 nitrogen and oxygen atoms in total. The van der Waals surface area contributed by atoms with Crippen molar-refractivity contribution >= 4 is 35.8 Å². The molecule has 1 amide bonds. The molecule has 0 radical (unpaired) electrons.